The predicted molar refractivity (Wildman–Crippen MR) is 77.7 cm³/mol. The number of unbranched alkanes of at least 4 members (excludes halogenated alkanes) is 9. The Morgan fingerprint density at radius 2 is 0.947 bits per heavy atom. The van der Waals surface area contributed by atoms with E-state index in [4.69, 9.17) is 8.44 Å². The first-order valence-corrected chi connectivity index (χ1v) is 12.6. The van der Waals surface area contributed by atoms with Crippen LogP contribution in [0.5, 0.6) is 0 Å². The normalized spacial score (nSPS) is 12.0. The van der Waals surface area contributed by atoms with Gasteiger partial charge in [-0.1, -0.05) is 0 Å². The Morgan fingerprint density at radius 1 is 0.579 bits per heavy atom. The molecule has 0 rings (SSSR count). The first-order valence-electron chi connectivity index (χ1n) is 7.90. The molecule has 0 bridgehead atoms. The minimum atomic E-state index is -3.06. The molecule has 0 heterocycles. The second kappa shape index (κ2) is 13.7. The van der Waals surface area contributed by atoms with Crippen molar-refractivity contribution in [2.24, 2.45) is 0 Å². The van der Waals surface area contributed by atoms with Crippen molar-refractivity contribution in [2.45, 2.75) is 75.3 Å². The molecule has 0 saturated carbocycles. The Labute approximate surface area is 126 Å². The van der Waals surface area contributed by atoms with Crippen molar-refractivity contribution in [3.63, 3.8) is 0 Å². The Kier molecular flexibility index (Phi) is 14.3. The van der Waals surface area contributed by atoms with Crippen LogP contribution < -0.4 is 0 Å². The van der Waals surface area contributed by atoms with E-state index < -0.39 is 21.6 Å². The molecule has 3 nitrogen and oxygen atoms in total. The maximum atomic E-state index is 5.48. The van der Waals surface area contributed by atoms with Crippen molar-refractivity contribution in [2.75, 3.05) is 21.3 Å². The third kappa shape index (κ3) is 10.2. The van der Waals surface area contributed by atoms with Crippen LogP contribution in [-0.2, 0) is 30.0 Å². The first kappa shape index (κ1) is 19.8. The molecule has 0 aliphatic rings. The van der Waals surface area contributed by atoms with E-state index in [1.54, 1.807) is 21.3 Å². The van der Waals surface area contributed by atoms with Crippen molar-refractivity contribution < 1.29 is 30.0 Å². The molecule has 0 spiro atoms. The van der Waals surface area contributed by atoms with Gasteiger partial charge in [-0.25, -0.2) is 0 Å². The first-order chi connectivity index (χ1) is 9.24. The average Bonchev–Trinajstić information content (AvgIpc) is 2.46. The molecule has 0 saturated heterocycles. The Hall–Kier alpha value is 0.763. The van der Waals surface area contributed by atoms with Crippen molar-refractivity contribution in [1.29, 1.82) is 0 Å². The molecule has 0 unspecified atom stereocenters. The maximum absolute atomic E-state index is 5.48. The Bertz CT molecular complexity index is 176. The number of rotatable bonds is 14. The fourth-order valence-corrected chi connectivity index (χ4v) is 6.80. The molecule has 0 aliphatic heterocycles. The molecule has 4 heteroatoms. The van der Waals surface area contributed by atoms with Crippen LogP contribution in [0.2, 0.25) is 4.13 Å². The van der Waals surface area contributed by atoms with E-state index in [1.165, 1.54) is 64.2 Å². The van der Waals surface area contributed by atoms with Gasteiger partial charge in [0.2, 0.25) is 0 Å². The molecule has 0 aromatic rings. The zero-order valence-corrected chi connectivity index (χ0v) is 16.0. The summed E-state index contributed by atoms with van der Waals surface area (Å²) in [7, 11) is 5.16. The van der Waals surface area contributed by atoms with Crippen molar-refractivity contribution in [1.82, 2.24) is 0 Å². The average molecular weight is 354 g/mol. The van der Waals surface area contributed by atoms with E-state index in [-0.39, 0.29) is 0 Å². The van der Waals surface area contributed by atoms with Crippen molar-refractivity contribution >= 4 is 0 Å². The monoisotopic (exact) mass is 352 g/mol. The van der Waals surface area contributed by atoms with Crippen LogP contribution in [0.3, 0.4) is 0 Å². The summed E-state index contributed by atoms with van der Waals surface area (Å²) in [5, 5.41) is 0. The predicted octanol–water partition coefficient (Wildman–Crippen LogP) is 5.16. The third-order valence-electron chi connectivity index (χ3n) is 3.77. The second-order valence-corrected chi connectivity index (χ2v) is 12.8. The van der Waals surface area contributed by atoms with Gasteiger partial charge in [-0.05, 0) is 0 Å². The third-order valence-corrected chi connectivity index (χ3v) is 10.7. The molecule has 0 atom stereocenters. The molecular weight excluding hydrogens is 319 g/mol. The van der Waals surface area contributed by atoms with Gasteiger partial charge in [0.15, 0.2) is 0 Å². The van der Waals surface area contributed by atoms with Gasteiger partial charge in [0.05, 0.1) is 0 Å². The van der Waals surface area contributed by atoms with Crippen LogP contribution in [0.25, 0.3) is 0 Å². The second-order valence-electron chi connectivity index (χ2n) is 5.23. The minimum absolute atomic E-state index is 1.01. The summed E-state index contributed by atoms with van der Waals surface area (Å²) in [6, 6.07) is 0. The van der Waals surface area contributed by atoms with Gasteiger partial charge in [-0.2, -0.15) is 0 Å². The fraction of sp³-hybridized carbons (Fsp3) is 1.00. The molecule has 116 valence electrons. The van der Waals surface area contributed by atoms with Crippen molar-refractivity contribution in [3.8, 4) is 0 Å². The summed E-state index contributed by atoms with van der Waals surface area (Å²) in [5.41, 5.74) is 0. The van der Waals surface area contributed by atoms with Gasteiger partial charge in [0.1, 0.15) is 0 Å². The van der Waals surface area contributed by atoms with Crippen LogP contribution in [-0.4, -0.2) is 21.3 Å². The molecular formula is C15H34O3Zr. The van der Waals surface area contributed by atoms with E-state index in [0.717, 1.165) is 4.13 Å². The summed E-state index contributed by atoms with van der Waals surface area (Å²) >= 11 is -3.06. The van der Waals surface area contributed by atoms with Crippen LogP contribution in [0.4, 0.5) is 0 Å². The summed E-state index contributed by atoms with van der Waals surface area (Å²) in [6.07, 6.45) is 13.6. The molecule has 0 aliphatic carbocycles. The topological polar surface area (TPSA) is 27.7 Å². The van der Waals surface area contributed by atoms with Gasteiger partial charge in [0, 0.05) is 0 Å². The van der Waals surface area contributed by atoms with Crippen molar-refractivity contribution in [3.05, 3.63) is 0 Å². The van der Waals surface area contributed by atoms with Gasteiger partial charge >= 0.3 is 127 Å². The summed E-state index contributed by atoms with van der Waals surface area (Å²) < 4.78 is 17.5. The van der Waals surface area contributed by atoms with E-state index in [2.05, 4.69) is 6.92 Å². The molecule has 0 fully saturated rings. The van der Waals surface area contributed by atoms with Gasteiger partial charge in [0.25, 0.3) is 0 Å². The summed E-state index contributed by atoms with van der Waals surface area (Å²) in [6.45, 7) is 2.27. The standard InChI is InChI=1S/C12H25.3CH3O.Zr/c1-3-5-7-9-11-12-10-8-6-4-2;3*1-2;/h1,3-12H2,2H3;3*1H3;/q;3*-1;+3. The number of hydrogen-bond acceptors (Lipinski definition) is 3. The van der Waals surface area contributed by atoms with Gasteiger partial charge < -0.3 is 0 Å². The quantitative estimate of drug-likeness (QED) is 0.403. The zero-order valence-electron chi connectivity index (χ0n) is 13.5. The Balaban J connectivity index is 3.35. The van der Waals surface area contributed by atoms with E-state index >= 15 is 0 Å². The van der Waals surface area contributed by atoms with Crippen LogP contribution >= 0.6 is 0 Å². The van der Waals surface area contributed by atoms with E-state index in [1.807, 2.05) is 0 Å². The van der Waals surface area contributed by atoms with Gasteiger partial charge in [-0.15, -0.1) is 0 Å². The molecule has 0 radical (unpaired) electrons. The van der Waals surface area contributed by atoms with E-state index in [9.17, 15) is 0 Å². The zero-order chi connectivity index (χ0) is 14.4. The molecule has 0 N–H and O–H groups in total. The summed E-state index contributed by atoms with van der Waals surface area (Å²) in [4.78, 5) is 0. The molecule has 0 aromatic heterocycles. The van der Waals surface area contributed by atoms with Gasteiger partial charge in [-0.3, -0.25) is 0 Å². The molecule has 0 amide bonds. The summed E-state index contributed by atoms with van der Waals surface area (Å²) in [5.74, 6) is 0. The van der Waals surface area contributed by atoms with Crippen LogP contribution in [0.15, 0.2) is 0 Å². The van der Waals surface area contributed by atoms with Crippen LogP contribution in [0, 0.1) is 0 Å². The SMILES string of the molecule is CCCCCCCCCCC[CH2][Zr]([O]C)([O]C)[O]C. The number of hydrogen-bond donors (Lipinski definition) is 0. The van der Waals surface area contributed by atoms with E-state index in [0.29, 0.717) is 0 Å². The molecule has 0 aromatic carbocycles. The van der Waals surface area contributed by atoms with Crippen LogP contribution in [0.1, 0.15) is 71.1 Å². The Morgan fingerprint density at radius 3 is 1.32 bits per heavy atom. The fourth-order valence-electron chi connectivity index (χ4n) is 2.39. The molecule has 19 heavy (non-hydrogen) atoms.